The summed E-state index contributed by atoms with van der Waals surface area (Å²) in [7, 11) is 0. The lowest BCUT2D eigenvalue weighted by Gasteiger charge is -2.21. The third-order valence-corrected chi connectivity index (χ3v) is 5.13. The summed E-state index contributed by atoms with van der Waals surface area (Å²) < 4.78 is 0. The molecule has 17 heavy (non-hydrogen) atoms. The maximum Gasteiger partial charge on any atom is 0.0348 e. The van der Waals surface area contributed by atoms with Crippen molar-refractivity contribution in [1.29, 1.82) is 0 Å². The van der Waals surface area contributed by atoms with Gasteiger partial charge in [-0.1, -0.05) is 30.3 Å². The summed E-state index contributed by atoms with van der Waals surface area (Å²) in [5.74, 6) is 4.53. The molecule has 1 aromatic carbocycles. The molecule has 2 aliphatic rings. The van der Waals surface area contributed by atoms with Gasteiger partial charge in [0.1, 0.15) is 0 Å². The lowest BCUT2D eigenvalue weighted by atomic mass is 10.0. The molecule has 1 N–H and O–H groups in total. The largest absolute Gasteiger partial charge is 0.309 e. The van der Waals surface area contributed by atoms with Gasteiger partial charge in [0, 0.05) is 6.04 Å². The van der Waals surface area contributed by atoms with Crippen LogP contribution in [0.25, 0.3) is 0 Å². The van der Waals surface area contributed by atoms with Crippen LogP contribution in [-0.2, 0) is 0 Å². The normalized spacial score (nSPS) is 26.0. The summed E-state index contributed by atoms with van der Waals surface area (Å²) in [6, 6.07) is 11.6. The van der Waals surface area contributed by atoms with Crippen LogP contribution in [0.5, 0.6) is 0 Å². The van der Waals surface area contributed by atoms with E-state index < -0.39 is 0 Å². The number of nitrogens with one attached hydrogen (secondary N) is 1. The van der Waals surface area contributed by atoms with Gasteiger partial charge in [-0.05, 0) is 54.7 Å². The topological polar surface area (TPSA) is 12.0 Å². The van der Waals surface area contributed by atoms with E-state index in [-0.39, 0.29) is 0 Å². The van der Waals surface area contributed by atoms with Crippen molar-refractivity contribution in [3.8, 4) is 0 Å². The maximum atomic E-state index is 3.83. The number of rotatable bonds is 5. The summed E-state index contributed by atoms with van der Waals surface area (Å²) >= 11 is 2.11. The van der Waals surface area contributed by atoms with Gasteiger partial charge in [-0.2, -0.15) is 11.8 Å². The monoisotopic (exact) mass is 247 g/mol. The summed E-state index contributed by atoms with van der Waals surface area (Å²) in [6.45, 7) is 1.21. The smallest absolute Gasteiger partial charge is 0.0348 e. The zero-order chi connectivity index (χ0) is 11.5. The minimum Gasteiger partial charge on any atom is -0.309 e. The maximum absolute atomic E-state index is 3.83. The molecule has 3 rings (SSSR count). The highest BCUT2D eigenvalue weighted by Crippen LogP contribution is 2.41. The molecule has 0 aromatic heterocycles. The van der Waals surface area contributed by atoms with Crippen LogP contribution >= 0.6 is 11.8 Å². The molecule has 1 saturated carbocycles. The third kappa shape index (κ3) is 3.05. The van der Waals surface area contributed by atoms with Crippen molar-refractivity contribution in [3.63, 3.8) is 0 Å². The summed E-state index contributed by atoms with van der Waals surface area (Å²) in [6.07, 6.45) is 4.22. The van der Waals surface area contributed by atoms with Gasteiger partial charge < -0.3 is 5.32 Å². The predicted molar refractivity (Wildman–Crippen MR) is 75.3 cm³/mol. The van der Waals surface area contributed by atoms with Gasteiger partial charge in [-0.15, -0.1) is 0 Å². The Hall–Kier alpha value is -0.470. The van der Waals surface area contributed by atoms with Gasteiger partial charge in [-0.25, -0.2) is 0 Å². The Morgan fingerprint density at radius 2 is 2.00 bits per heavy atom. The number of hydrogen-bond donors (Lipinski definition) is 1. The Bertz CT molecular complexity index is 341. The zero-order valence-corrected chi connectivity index (χ0v) is 11.1. The first-order valence-corrected chi connectivity index (χ1v) is 7.95. The quantitative estimate of drug-likeness (QED) is 0.855. The second-order valence-electron chi connectivity index (χ2n) is 5.36. The second kappa shape index (κ2) is 5.45. The van der Waals surface area contributed by atoms with Crippen molar-refractivity contribution in [2.45, 2.75) is 25.3 Å². The molecule has 0 spiro atoms. The molecule has 1 aliphatic carbocycles. The second-order valence-corrected chi connectivity index (χ2v) is 6.51. The molecule has 2 unspecified atom stereocenters. The summed E-state index contributed by atoms with van der Waals surface area (Å²) in [5.41, 5.74) is 1.49. The van der Waals surface area contributed by atoms with Crippen molar-refractivity contribution in [2.75, 3.05) is 18.1 Å². The van der Waals surface area contributed by atoms with Crippen LogP contribution in [0.3, 0.4) is 0 Å². The first kappa shape index (κ1) is 11.6. The average molecular weight is 247 g/mol. The summed E-state index contributed by atoms with van der Waals surface area (Å²) in [5, 5.41) is 3.83. The van der Waals surface area contributed by atoms with Gasteiger partial charge in [0.15, 0.2) is 0 Å². The molecule has 1 aromatic rings. The van der Waals surface area contributed by atoms with Crippen LogP contribution < -0.4 is 5.32 Å². The van der Waals surface area contributed by atoms with Crippen LogP contribution in [0.1, 0.15) is 30.9 Å². The van der Waals surface area contributed by atoms with Crippen molar-refractivity contribution in [3.05, 3.63) is 35.9 Å². The van der Waals surface area contributed by atoms with Gasteiger partial charge in [-0.3, -0.25) is 0 Å². The van der Waals surface area contributed by atoms with Crippen LogP contribution in [0.2, 0.25) is 0 Å². The molecule has 0 radical (unpaired) electrons. The Morgan fingerprint density at radius 3 is 2.65 bits per heavy atom. The first-order valence-electron chi connectivity index (χ1n) is 6.79. The van der Waals surface area contributed by atoms with Crippen molar-refractivity contribution >= 4 is 11.8 Å². The molecule has 92 valence electrons. The van der Waals surface area contributed by atoms with Crippen LogP contribution in [0.4, 0.5) is 0 Å². The molecule has 2 atom stereocenters. The van der Waals surface area contributed by atoms with Gasteiger partial charge >= 0.3 is 0 Å². The summed E-state index contributed by atoms with van der Waals surface area (Å²) in [4.78, 5) is 0. The molecule has 2 heteroatoms. The molecule has 2 fully saturated rings. The highest BCUT2D eigenvalue weighted by molar-refractivity contribution is 7.99. The van der Waals surface area contributed by atoms with Gasteiger partial charge in [0.2, 0.25) is 0 Å². The fourth-order valence-electron chi connectivity index (χ4n) is 2.68. The molecular formula is C15H21NS. The van der Waals surface area contributed by atoms with E-state index in [2.05, 4.69) is 47.4 Å². The van der Waals surface area contributed by atoms with Crippen molar-refractivity contribution < 1.29 is 0 Å². The number of thioether (sulfide) groups is 1. The van der Waals surface area contributed by atoms with Crippen LogP contribution in [-0.4, -0.2) is 18.1 Å². The Morgan fingerprint density at radius 1 is 1.18 bits per heavy atom. The minimum absolute atomic E-state index is 0.613. The van der Waals surface area contributed by atoms with Crippen LogP contribution in [0.15, 0.2) is 30.3 Å². The molecule has 1 nitrogen and oxygen atoms in total. The molecule has 1 heterocycles. The molecule has 0 bridgehead atoms. The lowest BCUT2D eigenvalue weighted by molar-refractivity contribution is 0.428. The third-order valence-electron chi connectivity index (χ3n) is 3.90. The Labute approximate surface area is 108 Å². The minimum atomic E-state index is 0.613. The van der Waals surface area contributed by atoms with E-state index in [0.29, 0.717) is 6.04 Å². The SMILES string of the molecule is c1ccc(C(NCC2CCSC2)C2CC2)cc1. The van der Waals surface area contributed by atoms with Crippen molar-refractivity contribution in [1.82, 2.24) is 5.32 Å². The molecule has 1 aliphatic heterocycles. The highest BCUT2D eigenvalue weighted by Gasteiger charge is 2.32. The van der Waals surface area contributed by atoms with E-state index in [1.165, 1.54) is 42.9 Å². The Balaban J connectivity index is 1.60. The van der Waals surface area contributed by atoms with Crippen molar-refractivity contribution in [2.24, 2.45) is 11.8 Å². The molecule has 0 amide bonds. The highest BCUT2D eigenvalue weighted by atomic mass is 32.2. The predicted octanol–water partition coefficient (Wildman–Crippen LogP) is 3.48. The number of benzene rings is 1. The fourth-order valence-corrected chi connectivity index (χ4v) is 3.97. The van der Waals surface area contributed by atoms with E-state index in [1.54, 1.807) is 0 Å². The van der Waals surface area contributed by atoms with E-state index in [0.717, 1.165) is 11.8 Å². The van der Waals surface area contributed by atoms with Gasteiger partial charge in [0.25, 0.3) is 0 Å². The average Bonchev–Trinajstić information content (AvgIpc) is 3.07. The number of hydrogen-bond acceptors (Lipinski definition) is 2. The first-order chi connectivity index (χ1) is 8.43. The fraction of sp³-hybridized carbons (Fsp3) is 0.600. The zero-order valence-electron chi connectivity index (χ0n) is 10.3. The van der Waals surface area contributed by atoms with Crippen LogP contribution in [0, 0.1) is 11.8 Å². The van der Waals surface area contributed by atoms with Gasteiger partial charge in [0.05, 0.1) is 0 Å². The molecule has 1 saturated heterocycles. The van der Waals surface area contributed by atoms with E-state index in [1.807, 2.05) is 0 Å². The van der Waals surface area contributed by atoms with E-state index in [4.69, 9.17) is 0 Å². The van der Waals surface area contributed by atoms with E-state index in [9.17, 15) is 0 Å². The lowest BCUT2D eigenvalue weighted by Crippen LogP contribution is -2.28. The molecular weight excluding hydrogens is 226 g/mol. The Kier molecular flexibility index (Phi) is 3.72. The standard InChI is InChI=1S/C15H21NS/c1-2-4-13(5-3-1)15(14-6-7-14)16-10-12-8-9-17-11-12/h1-5,12,14-16H,6-11H2. The van der Waals surface area contributed by atoms with E-state index >= 15 is 0 Å².